The van der Waals surface area contributed by atoms with Gasteiger partial charge in [-0.25, -0.2) is 12.8 Å². The Bertz CT molecular complexity index is 1160. The minimum atomic E-state index is -3.55. The summed E-state index contributed by atoms with van der Waals surface area (Å²) >= 11 is 1.19. The third-order valence-corrected chi connectivity index (χ3v) is 8.79. The third-order valence-electron chi connectivity index (χ3n) is 5.55. The summed E-state index contributed by atoms with van der Waals surface area (Å²) in [6, 6.07) is 16.8. The predicted molar refractivity (Wildman–Crippen MR) is 125 cm³/mol. The average molecular weight is 489 g/mol. The van der Waals surface area contributed by atoms with Gasteiger partial charge in [-0.05, 0) is 59.7 Å². The molecular formula is C24H25FN2O4S2. The number of carbonyl (C=O) groups excluding carboxylic acids is 1. The number of piperidine rings is 1. The lowest BCUT2D eigenvalue weighted by atomic mass is 9.99. The number of ether oxygens (including phenoxy) is 1. The second-order valence-corrected chi connectivity index (χ2v) is 11.0. The first-order chi connectivity index (χ1) is 15.9. The van der Waals surface area contributed by atoms with Gasteiger partial charge >= 0.3 is 0 Å². The number of hydrogen-bond acceptors (Lipinski definition) is 5. The Morgan fingerprint density at radius 1 is 1.09 bits per heavy atom. The van der Waals surface area contributed by atoms with E-state index in [1.165, 1.54) is 27.8 Å². The van der Waals surface area contributed by atoms with Crippen LogP contribution >= 0.6 is 11.3 Å². The van der Waals surface area contributed by atoms with E-state index in [4.69, 9.17) is 4.74 Å². The molecule has 1 aromatic heterocycles. The number of amides is 1. The fourth-order valence-corrected chi connectivity index (χ4v) is 6.36. The molecule has 1 amide bonds. The van der Waals surface area contributed by atoms with Crippen LogP contribution in [0.3, 0.4) is 0 Å². The molecule has 6 nitrogen and oxygen atoms in total. The molecule has 1 N–H and O–H groups in total. The summed E-state index contributed by atoms with van der Waals surface area (Å²) in [4.78, 5) is 12.7. The highest BCUT2D eigenvalue weighted by Crippen LogP contribution is 2.26. The molecule has 0 unspecified atom stereocenters. The molecule has 1 aliphatic heterocycles. The Morgan fingerprint density at radius 2 is 1.82 bits per heavy atom. The molecule has 1 atom stereocenters. The summed E-state index contributed by atoms with van der Waals surface area (Å²) in [5, 5.41) is 4.66. The average Bonchev–Trinajstić information content (AvgIpc) is 3.39. The van der Waals surface area contributed by atoms with Gasteiger partial charge in [0.15, 0.2) is 0 Å². The minimum absolute atomic E-state index is 0.141. The summed E-state index contributed by atoms with van der Waals surface area (Å²) in [5.74, 6) is -0.115. The SMILES string of the molecule is O=C(NCc1ccc(OCc2ccc(F)cc2)cc1)[C@H]1CCCN(S(=O)(=O)c2cccs2)C1. The van der Waals surface area contributed by atoms with Crippen LogP contribution in [0.1, 0.15) is 24.0 Å². The highest BCUT2D eigenvalue weighted by molar-refractivity contribution is 7.91. The van der Waals surface area contributed by atoms with Gasteiger partial charge in [0.2, 0.25) is 5.91 Å². The van der Waals surface area contributed by atoms with Crippen molar-refractivity contribution < 1.29 is 22.3 Å². The molecule has 0 spiro atoms. The molecule has 3 aromatic rings. The first kappa shape index (κ1) is 23.4. The highest BCUT2D eigenvalue weighted by Gasteiger charge is 2.33. The van der Waals surface area contributed by atoms with Gasteiger partial charge in [-0.2, -0.15) is 4.31 Å². The second-order valence-electron chi connectivity index (χ2n) is 7.91. The molecule has 2 heterocycles. The largest absolute Gasteiger partial charge is 0.489 e. The number of benzene rings is 2. The molecule has 4 rings (SSSR count). The molecule has 1 fully saturated rings. The van der Waals surface area contributed by atoms with E-state index in [1.807, 2.05) is 24.3 Å². The number of nitrogens with zero attached hydrogens (tertiary/aromatic N) is 1. The quantitative estimate of drug-likeness (QED) is 0.516. The van der Waals surface area contributed by atoms with Gasteiger partial charge < -0.3 is 10.1 Å². The van der Waals surface area contributed by atoms with Crippen molar-refractivity contribution in [3.63, 3.8) is 0 Å². The van der Waals surface area contributed by atoms with Gasteiger partial charge in [0.05, 0.1) is 5.92 Å². The van der Waals surface area contributed by atoms with E-state index in [1.54, 1.807) is 29.6 Å². The Labute approximate surface area is 197 Å². The van der Waals surface area contributed by atoms with E-state index in [0.29, 0.717) is 42.5 Å². The first-order valence-corrected chi connectivity index (χ1v) is 13.0. The fourth-order valence-electron chi connectivity index (χ4n) is 3.70. The zero-order valence-corrected chi connectivity index (χ0v) is 19.6. The second kappa shape index (κ2) is 10.5. The molecule has 0 radical (unpaired) electrons. The van der Waals surface area contributed by atoms with Crippen molar-refractivity contribution in [3.8, 4) is 5.75 Å². The minimum Gasteiger partial charge on any atom is -0.489 e. The summed E-state index contributed by atoms with van der Waals surface area (Å²) in [6.07, 6.45) is 1.32. The zero-order valence-electron chi connectivity index (χ0n) is 17.9. The van der Waals surface area contributed by atoms with E-state index < -0.39 is 10.0 Å². The van der Waals surface area contributed by atoms with E-state index in [2.05, 4.69) is 5.32 Å². The van der Waals surface area contributed by atoms with Gasteiger partial charge in [0, 0.05) is 19.6 Å². The lowest BCUT2D eigenvalue weighted by Gasteiger charge is -2.30. The van der Waals surface area contributed by atoms with E-state index in [0.717, 1.165) is 11.1 Å². The van der Waals surface area contributed by atoms with Crippen LogP contribution in [0, 0.1) is 11.7 Å². The molecule has 1 saturated heterocycles. The van der Waals surface area contributed by atoms with E-state index in [9.17, 15) is 17.6 Å². The van der Waals surface area contributed by atoms with E-state index >= 15 is 0 Å². The molecule has 9 heteroatoms. The molecule has 0 aliphatic carbocycles. The van der Waals surface area contributed by atoms with Crippen molar-refractivity contribution in [2.24, 2.45) is 5.92 Å². The highest BCUT2D eigenvalue weighted by atomic mass is 32.2. The Hall–Kier alpha value is -2.75. The van der Waals surface area contributed by atoms with Gasteiger partial charge in [-0.1, -0.05) is 30.3 Å². The lowest BCUT2D eigenvalue weighted by molar-refractivity contribution is -0.126. The van der Waals surface area contributed by atoms with Crippen LogP contribution in [0.15, 0.2) is 70.3 Å². The molecule has 0 bridgehead atoms. The maximum atomic E-state index is 13.0. The molecular weight excluding hydrogens is 463 g/mol. The molecule has 0 saturated carbocycles. The van der Waals surface area contributed by atoms with Gasteiger partial charge in [0.1, 0.15) is 22.4 Å². The van der Waals surface area contributed by atoms with Crippen LogP contribution in [0.4, 0.5) is 4.39 Å². The van der Waals surface area contributed by atoms with Gasteiger partial charge in [-0.3, -0.25) is 4.79 Å². The van der Waals surface area contributed by atoms with Crippen LogP contribution in [0.2, 0.25) is 0 Å². The number of hydrogen-bond donors (Lipinski definition) is 1. The molecule has 2 aromatic carbocycles. The number of carbonyl (C=O) groups is 1. The molecule has 174 valence electrons. The van der Waals surface area contributed by atoms with Gasteiger partial charge in [0.25, 0.3) is 10.0 Å². The normalized spacial score (nSPS) is 16.9. The van der Waals surface area contributed by atoms with Crippen molar-refractivity contribution in [1.29, 1.82) is 0 Å². The van der Waals surface area contributed by atoms with Crippen LogP contribution < -0.4 is 10.1 Å². The zero-order chi connectivity index (χ0) is 23.3. The number of sulfonamides is 1. The summed E-state index contributed by atoms with van der Waals surface area (Å²) in [7, 11) is -3.55. The summed E-state index contributed by atoms with van der Waals surface area (Å²) in [6.45, 7) is 1.32. The number of rotatable bonds is 8. The van der Waals surface area contributed by atoms with Crippen LogP contribution in [0.5, 0.6) is 5.75 Å². The van der Waals surface area contributed by atoms with Crippen LogP contribution in [-0.4, -0.2) is 31.7 Å². The third kappa shape index (κ3) is 5.98. The van der Waals surface area contributed by atoms with Crippen molar-refractivity contribution in [1.82, 2.24) is 9.62 Å². The summed E-state index contributed by atoms with van der Waals surface area (Å²) in [5.41, 5.74) is 1.78. The maximum Gasteiger partial charge on any atom is 0.252 e. The first-order valence-electron chi connectivity index (χ1n) is 10.7. The number of nitrogens with one attached hydrogen (secondary N) is 1. The monoisotopic (exact) mass is 488 g/mol. The number of halogens is 1. The number of thiophene rings is 1. The molecule has 1 aliphatic rings. The van der Waals surface area contributed by atoms with E-state index in [-0.39, 0.29) is 24.2 Å². The summed E-state index contributed by atoms with van der Waals surface area (Å²) < 4.78 is 45.9. The topological polar surface area (TPSA) is 75.7 Å². The Kier molecular flexibility index (Phi) is 7.42. The van der Waals surface area contributed by atoms with Crippen molar-refractivity contribution in [3.05, 3.63) is 83.0 Å². The van der Waals surface area contributed by atoms with Crippen LogP contribution in [-0.2, 0) is 28.0 Å². The van der Waals surface area contributed by atoms with Crippen LogP contribution in [0.25, 0.3) is 0 Å². The van der Waals surface area contributed by atoms with Crippen molar-refractivity contribution >= 4 is 27.3 Å². The predicted octanol–water partition coefficient (Wildman–Crippen LogP) is 4.18. The van der Waals surface area contributed by atoms with Crippen molar-refractivity contribution in [2.45, 2.75) is 30.2 Å². The molecule has 33 heavy (non-hydrogen) atoms. The Balaban J connectivity index is 1.27. The smallest absolute Gasteiger partial charge is 0.252 e. The standard InChI is InChI=1S/C24H25FN2O4S2/c25-21-9-5-19(6-10-21)17-31-22-11-7-18(8-12-22)15-26-24(28)20-3-1-13-27(16-20)33(29,30)23-4-2-14-32-23/h2,4-12,14,20H,1,3,13,15-17H2,(H,26,28)/t20-/m0/s1. The van der Waals surface area contributed by atoms with Gasteiger partial charge in [-0.15, -0.1) is 11.3 Å². The fraction of sp³-hybridized carbons (Fsp3) is 0.292. The lowest BCUT2D eigenvalue weighted by Crippen LogP contribution is -2.45. The maximum absolute atomic E-state index is 13.0. The van der Waals surface area contributed by atoms with Crippen molar-refractivity contribution in [2.75, 3.05) is 13.1 Å². The Morgan fingerprint density at radius 3 is 2.52 bits per heavy atom.